The third-order valence-corrected chi connectivity index (χ3v) is 6.07. The molecule has 0 amide bonds. The fraction of sp³-hybridized carbons (Fsp3) is 0.733. The molecule has 6 rings (SSSR count). The Morgan fingerprint density at radius 2 is 2.06 bits per heavy atom. The maximum absolute atomic E-state index is 12.5. The van der Waals surface area contributed by atoms with Gasteiger partial charge in [0.05, 0.1) is 5.41 Å². The summed E-state index contributed by atoms with van der Waals surface area (Å²) in [4.78, 5) is 24.7. The maximum atomic E-state index is 12.5. The first-order valence-electron chi connectivity index (χ1n) is 6.84. The van der Waals surface area contributed by atoms with Crippen LogP contribution in [0.3, 0.4) is 0 Å². The molecule has 1 unspecified atom stereocenters. The van der Waals surface area contributed by atoms with Gasteiger partial charge in [0.25, 0.3) is 0 Å². The van der Waals surface area contributed by atoms with Crippen LogP contribution in [-0.2, 0) is 14.3 Å². The van der Waals surface area contributed by atoms with Crippen molar-refractivity contribution in [2.75, 3.05) is 0 Å². The standard InChI is InChI=1S/C15H18O3/c1-7-5-4-6-15-9-8(10(7)16)11(15)14(2,3)12(9)18-13(15)17/h5,8-9,11-12H,4,6H2,1-3H3/b7-5-/t8-,9-,11+,12-,15?/m0/s1. The van der Waals surface area contributed by atoms with Crippen LogP contribution < -0.4 is 0 Å². The Morgan fingerprint density at radius 3 is 2.72 bits per heavy atom. The average Bonchev–Trinajstić information content (AvgIpc) is 2.69. The van der Waals surface area contributed by atoms with E-state index in [0.29, 0.717) is 0 Å². The molecule has 1 saturated heterocycles. The quantitative estimate of drug-likeness (QED) is 0.615. The van der Waals surface area contributed by atoms with Gasteiger partial charge in [-0.05, 0) is 31.3 Å². The first kappa shape index (κ1) is 10.8. The third kappa shape index (κ3) is 0.799. The SMILES string of the molecule is C/C1=C/CCC23C(=O)O[C@H]4[C@@H]2[C@@H](C1=O)[C@@H]3C4(C)C. The van der Waals surface area contributed by atoms with Gasteiger partial charge in [0, 0.05) is 17.3 Å². The van der Waals surface area contributed by atoms with Crippen LogP contribution in [0.15, 0.2) is 11.6 Å². The summed E-state index contributed by atoms with van der Waals surface area (Å²) < 4.78 is 5.61. The molecule has 3 nitrogen and oxygen atoms in total. The molecule has 1 aliphatic heterocycles. The molecule has 18 heavy (non-hydrogen) atoms. The minimum absolute atomic E-state index is 0.0289. The molecular formula is C15H18O3. The molecular weight excluding hydrogens is 228 g/mol. The van der Waals surface area contributed by atoms with E-state index in [1.165, 1.54) is 0 Å². The zero-order valence-corrected chi connectivity index (χ0v) is 11.0. The van der Waals surface area contributed by atoms with Gasteiger partial charge < -0.3 is 4.74 Å². The third-order valence-electron chi connectivity index (χ3n) is 6.07. The predicted octanol–water partition coefficient (Wildman–Crippen LogP) is 2.11. The fourth-order valence-electron chi connectivity index (χ4n) is 5.50. The minimum Gasteiger partial charge on any atom is -0.461 e. The van der Waals surface area contributed by atoms with Crippen molar-refractivity contribution in [3.8, 4) is 0 Å². The largest absolute Gasteiger partial charge is 0.461 e. The number of esters is 1. The Labute approximate surface area is 107 Å². The predicted molar refractivity (Wildman–Crippen MR) is 64.6 cm³/mol. The summed E-state index contributed by atoms with van der Waals surface area (Å²) in [5.74, 6) is 0.625. The van der Waals surface area contributed by atoms with E-state index in [2.05, 4.69) is 13.8 Å². The highest BCUT2D eigenvalue weighted by Crippen LogP contribution is 2.79. The van der Waals surface area contributed by atoms with Crippen molar-refractivity contribution in [3.05, 3.63) is 11.6 Å². The molecule has 0 N–H and O–H groups in total. The molecule has 3 saturated carbocycles. The summed E-state index contributed by atoms with van der Waals surface area (Å²) in [6.07, 6.45) is 3.66. The molecule has 0 aromatic rings. The summed E-state index contributed by atoms with van der Waals surface area (Å²) in [5.41, 5.74) is 0.525. The number of hydrogen-bond acceptors (Lipinski definition) is 3. The van der Waals surface area contributed by atoms with Crippen molar-refractivity contribution >= 4 is 11.8 Å². The number of ether oxygens (including phenoxy) is 1. The van der Waals surface area contributed by atoms with E-state index in [-0.39, 0.29) is 46.4 Å². The van der Waals surface area contributed by atoms with Crippen LogP contribution in [0.5, 0.6) is 0 Å². The normalized spacial score (nSPS) is 54.1. The molecule has 0 radical (unpaired) electrons. The van der Waals surface area contributed by atoms with Gasteiger partial charge in [-0.3, -0.25) is 9.59 Å². The van der Waals surface area contributed by atoms with Crippen molar-refractivity contribution in [1.82, 2.24) is 0 Å². The number of allylic oxidation sites excluding steroid dienone is 2. The maximum Gasteiger partial charge on any atom is 0.313 e. The van der Waals surface area contributed by atoms with Gasteiger partial charge in [0.15, 0.2) is 5.78 Å². The van der Waals surface area contributed by atoms with E-state index < -0.39 is 0 Å². The van der Waals surface area contributed by atoms with Crippen molar-refractivity contribution in [1.29, 1.82) is 0 Å². The highest BCUT2D eigenvalue weighted by Gasteiger charge is 2.86. The summed E-state index contributed by atoms with van der Waals surface area (Å²) in [6.45, 7) is 6.24. The summed E-state index contributed by atoms with van der Waals surface area (Å²) in [5, 5.41) is 0. The summed E-state index contributed by atoms with van der Waals surface area (Å²) >= 11 is 0. The second-order valence-corrected chi connectivity index (χ2v) is 7.01. The first-order valence-corrected chi connectivity index (χ1v) is 6.84. The van der Waals surface area contributed by atoms with Gasteiger partial charge in [0.2, 0.25) is 0 Å². The number of Topliss-reactive ketones (excluding diaryl/α,β-unsaturated/α-hetero) is 1. The molecule has 1 heterocycles. The Balaban J connectivity index is 1.91. The number of carbonyl (C=O) groups excluding carboxylic acids is 2. The van der Waals surface area contributed by atoms with Crippen LogP contribution in [0, 0.1) is 28.6 Å². The zero-order chi connectivity index (χ0) is 12.9. The fourth-order valence-corrected chi connectivity index (χ4v) is 5.50. The highest BCUT2D eigenvalue weighted by atomic mass is 16.6. The molecule has 1 spiro atoms. The number of fused-ring (bicyclic) bond motifs is 3. The lowest BCUT2D eigenvalue weighted by Crippen LogP contribution is -2.59. The van der Waals surface area contributed by atoms with E-state index >= 15 is 0 Å². The molecule has 5 atom stereocenters. The van der Waals surface area contributed by atoms with Crippen molar-refractivity contribution in [3.63, 3.8) is 0 Å². The summed E-state index contributed by atoms with van der Waals surface area (Å²) in [7, 11) is 0. The van der Waals surface area contributed by atoms with E-state index in [4.69, 9.17) is 4.74 Å². The Kier molecular flexibility index (Phi) is 1.63. The molecule has 0 aromatic heterocycles. The second-order valence-electron chi connectivity index (χ2n) is 7.01. The molecule has 4 fully saturated rings. The lowest BCUT2D eigenvalue weighted by atomic mass is 9.46. The lowest BCUT2D eigenvalue weighted by Gasteiger charge is -2.53. The van der Waals surface area contributed by atoms with Crippen LogP contribution in [0.4, 0.5) is 0 Å². The minimum atomic E-state index is -0.328. The number of hydrogen-bond donors (Lipinski definition) is 0. The van der Waals surface area contributed by atoms with E-state index in [9.17, 15) is 9.59 Å². The van der Waals surface area contributed by atoms with Crippen LogP contribution in [0.1, 0.15) is 33.6 Å². The monoisotopic (exact) mass is 246 g/mol. The molecule has 5 bridgehead atoms. The smallest absolute Gasteiger partial charge is 0.313 e. The molecule has 3 heteroatoms. The number of carbonyl (C=O) groups is 2. The van der Waals surface area contributed by atoms with Gasteiger partial charge in [-0.15, -0.1) is 0 Å². The first-order chi connectivity index (χ1) is 8.42. The lowest BCUT2D eigenvalue weighted by molar-refractivity contribution is -0.180. The van der Waals surface area contributed by atoms with E-state index in [1.807, 2.05) is 13.0 Å². The second kappa shape index (κ2) is 2.73. The van der Waals surface area contributed by atoms with Crippen molar-refractivity contribution in [2.24, 2.45) is 28.6 Å². The van der Waals surface area contributed by atoms with Gasteiger partial charge >= 0.3 is 5.97 Å². The van der Waals surface area contributed by atoms with Crippen LogP contribution >= 0.6 is 0 Å². The Morgan fingerprint density at radius 1 is 1.33 bits per heavy atom. The molecule has 96 valence electrons. The van der Waals surface area contributed by atoms with Crippen molar-refractivity contribution < 1.29 is 14.3 Å². The zero-order valence-electron chi connectivity index (χ0n) is 11.0. The topological polar surface area (TPSA) is 43.4 Å². The van der Waals surface area contributed by atoms with Crippen molar-refractivity contribution in [2.45, 2.75) is 39.7 Å². The molecule has 5 aliphatic carbocycles. The number of ketones is 1. The van der Waals surface area contributed by atoms with Crippen LogP contribution in [-0.4, -0.2) is 17.9 Å². The van der Waals surface area contributed by atoms with Gasteiger partial charge in [-0.25, -0.2) is 0 Å². The van der Waals surface area contributed by atoms with E-state index in [1.54, 1.807) is 0 Å². The van der Waals surface area contributed by atoms with E-state index in [0.717, 1.165) is 18.4 Å². The van der Waals surface area contributed by atoms with Gasteiger partial charge in [-0.2, -0.15) is 0 Å². The Bertz CT molecular complexity index is 516. The molecule has 6 aliphatic rings. The van der Waals surface area contributed by atoms with Gasteiger partial charge in [-0.1, -0.05) is 19.9 Å². The highest BCUT2D eigenvalue weighted by molar-refractivity contribution is 6.01. The van der Waals surface area contributed by atoms with Crippen LogP contribution in [0.25, 0.3) is 0 Å². The van der Waals surface area contributed by atoms with Gasteiger partial charge in [0.1, 0.15) is 6.10 Å². The molecule has 0 aromatic carbocycles. The Hall–Kier alpha value is -1.12. The number of rotatable bonds is 0. The average molecular weight is 246 g/mol. The van der Waals surface area contributed by atoms with Crippen LogP contribution in [0.2, 0.25) is 0 Å². The summed E-state index contributed by atoms with van der Waals surface area (Å²) in [6, 6.07) is 0.